The van der Waals surface area contributed by atoms with Crippen molar-refractivity contribution in [3.8, 4) is 5.75 Å². The van der Waals surface area contributed by atoms with Gasteiger partial charge in [-0.15, -0.1) is 0 Å². The molecule has 0 bridgehead atoms. The summed E-state index contributed by atoms with van der Waals surface area (Å²) in [6, 6.07) is 3.76. The lowest BCUT2D eigenvalue weighted by molar-refractivity contribution is 0.415. The van der Waals surface area contributed by atoms with Crippen molar-refractivity contribution in [1.29, 1.82) is 0 Å². The number of hydrogen-bond acceptors (Lipinski definition) is 4. The third-order valence-electron chi connectivity index (χ3n) is 2.19. The number of methoxy groups -OCH3 is 1. The fourth-order valence-corrected chi connectivity index (χ4v) is 2.53. The van der Waals surface area contributed by atoms with Crippen molar-refractivity contribution < 1.29 is 4.74 Å². The van der Waals surface area contributed by atoms with Gasteiger partial charge in [0.2, 0.25) is 0 Å². The predicted molar refractivity (Wildman–Crippen MR) is 70.0 cm³/mol. The van der Waals surface area contributed by atoms with Gasteiger partial charge in [0.15, 0.2) is 5.13 Å². The Hall–Kier alpha value is -1.00. The maximum atomic E-state index is 6.04. The van der Waals surface area contributed by atoms with E-state index in [4.69, 9.17) is 16.3 Å². The average Bonchev–Trinajstić information content (AvgIpc) is 2.66. The van der Waals surface area contributed by atoms with Crippen LogP contribution in [0.3, 0.4) is 0 Å². The monoisotopic (exact) mass is 256 g/mol. The summed E-state index contributed by atoms with van der Waals surface area (Å²) in [7, 11) is 1.62. The molecule has 0 aliphatic carbocycles. The lowest BCUT2D eigenvalue weighted by Gasteiger charge is -2.00. The second-order valence-electron chi connectivity index (χ2n) is 3.40. The molecule has 0 aliphatic rings. The lowest BCUT2D eigenvalue weighted by Crippen LogP contribution is -1.98. The maximum absolute atomic E-state index is 6.04. The van der Waals surface area contributed by atoms with Crippen LogP contribution in [0.4, 0.5) is 5.13 Å². The van der Waals surface area contributed by atoms with Gasteiger partial charge in [-0.2, -0.15) is 0 Å². The summed E-state index contributed by atoms with van der Waals surface area (Å²) < 4.78 is 6.25. The highest BCUT2D eigenvalue weighted by Gasteiger charge is 2.08. The number of benzene rings is 1. The number of thiazole rings is 1. The SMILES string of the molecule is CCCNc1nc2cc(Cl)c(OC)cc2s1. The molecule has 16 heavy (non-hydrogen) atoms. The first-order valence-corrected chi connectivity index (χ1v) is 6.32. The van der Waals surface area contributed by atoms with Gasteiger partial charge in [0.05, 0.1) is 22.3 Å². The molecule has 2 aromatic rings. The second-order valence-corrected chi connectivity index (χ2v) is 4.84. The van der Waals surface area contributed by atoms with Crippen molar-refractivity contribution in [2.45, 2.75) is 13.3 Å². The van der Waals surface area contributed by atoms with Crippen LogP contribution in [0.1, 0.15) is 13.3 Å². The fraction of sp³-hybridized carbons (Fsp3) is 0.364. The molecule has 0 aliphatic heterocycles. The number of fused-ring (bicyclic) bond motifs is 1. The van der Waals surface area contributed by atoms with Crippen LogP contribution in [0, 0.1) is 0 Å². The summed E-state index contributed by atoms with van der Waals surface area (Å²) in [5, 5.41) is 4.80. The smallest absolute Gasteiger partial charge is 0.183 e. The van der Waals surface area contributed by atoms with Gasteiger partial charge < -0.3 is 10.1 Å². The fourth-order valence-electron chi connectivity index (χ4n) is 1.39. The quantitative estimate of drug-likeness (QED) is 0.904. The number of hydrogen-bond donors (Lipinski definition) is 1. The van der Waals surface area contributed by atoms with Gasteiger partial charge in [-0.05, 0) is 12.5 Å². The maximum Gasteiger partial charge on any atom is 0.183 e. The average molecular weight is 257 g/mol. The van der Waals surface area contributed by atoms with E-state index in [0.717, 1.165) is 28.3 Å². The van der Waals surface area contributed by atoms with Crippen LogP contribution >= 0.6 is 22.9 Å². The van der Waals surface area contributed by atoms with E-state index in [1.807, 2.05) is 12.1 Å². The zero-order valence-corrected chi connectivity index (χ0v) is 10.8. The topological polar surface area (TPSA) is 34.2 Å². The molecule has 1 aromatic carbocycles. The Balaban J connectivity index is 2.37. The van der Waals surface area contributed by atoms with Crippen LogP contribution in [0.25, 0.3) is 10.2 Å². The van der Waals surface area contributed by atoms with E-state index in [1.165, 1.54) is 0 Å². The number of rotatable bonds is 4. The Morgan fingerprint density at radius 3 is 3.00 bits per heavy atom. The van der Waals surface area contributed by atoms with Crippen molar-refractivity contribution in [3.05, 3.63) is 17.2 Å². The Morgan fingerprint density at radius 1 is 1.50 bits per heavy atom. The summed E-state index contributed by atoms with van der Waals surface area (Å²) in [6.07, 6.45) is 1.08. The van der Waals surface area contributed by atoms with Crippen LogP contribution in [0.15, 0.2) is 12.1 Å². The number of aromatic nitrogens is 1. The van der Waals surface area contributed by atoms with Gasteiger partial charge in [-0.3, -0.25) is 0 Å². The highest BCUT2D eigenvalue weighted by atomic mass is 35.5. The molecule has 86 valence electrons. The van der Waals surface area contributed by atoms with Gasteiger partial charge >= 0.3 is 0 Å². The Bertz CT molecular complexity index is 498. The molecule has 0 atom stereocenters. The summed E-state index contributed by atoms with van der Waals surface area (Å²) in [4.78, 5) is 4.45. The molecule has 3 nitrogen and oxygen atoms in total. The lowest BCUT2D eigenvalue weighted by atomic mass is 10.3. The highest BCUT2D eigenvalue weighted by Crippen LogP contribution is 2.34. The molecule has 1 aromatic heterocycles. The van der Waals surface area contributed by atoms with E-state index in [0.29, 0.717) is 10.8 Å². The minimum Gasteiger partial charge on any atom is -0.495 e. The molecule has 0 spiro atoms. The molecule has 0 radical (unpaired) electrons. The predicted octanol–water partition coefficient (Wildman–Crippen LogP) is 3.78. The number of ether oxygens (including phenoxy) is 1. The molecular weight excluding hydrogens is 244 g/mol. The summed E-state index contributed by atoms with van der Waals surface area (Å²) in [5.74, 6) is 0.694. The summed E-state index contributed by atoms with van der Waals surface area (Å²) in [6.45, 7) is 3.06. The van der Waals surface area contributed by atoms with Crippen molar-refractivity contribution in [2.24, 2.45) is 0 Å². The zero-order valence-electron chi connectivity index (χ0n) is 9.21. The third-order valence-corrected chi connectivity index (χ3v) is 3.46. The normalized spacial score (nSPS) is 10.7. The molecule has 0 unspecified atom stereocenters. The Kier molecular flexibility index (Phi) is 3.51. The first-order chi connectivity index (χ1) is 7.74. The molecule has 5 heteroatoms. The third kappa shape index (κ3) is 2.23. The molecule has 0 saturated carbocycles. The number of nitrogens with zero attached hydrogens (tertiary/aromatic N) is 1. The molecule has 1 heterocycles. The number of nitrogens with one attached hydrogen (secondary N) is 1. The largest absolute Gasteiger partial charge is 0.495 e. The van der Waals surface area contributed by atoms with Crippen LogP contribution < -0.4 is 10.1 Å². The van der Waals surface area contributed by atoms with E-state index in [1.54, 1.807) is 18.4 Å². The molecule has 0 saturated heterocycles. The number of anilines is 1. The van der Waals surface area contributed by atoms with Crippen molar-refractivity contribution in [3.63, 3.8) is 0 Å². The van der Waals surface area contributed by atoms with E-state index >= 15 is 0 Å². The molecule has 0 fully saturated rings. The minimum absolute atomic E-state index is 0.599. The minimum atomic E-state index is 0.599. The van der Waals surface area contributed by atoms with Crippen LogP contribution in [0.5, 0.6) is 5.75 Å². The number of halogens is 1. The van der Waals surface area contributed by atoms with E-state index in [2.05, 4.69) is 17.2 Å². The summed E-state index contributed by atoms with van der Waals surface area (Å²) >= 11 is 7.65. The van der Waals surface area contributed by atoms with Gasteiger partial charge in [-0.1, -0.05) is 29.9 Å². The molecule has 2 rings (SSSR count). The van der Waals surface area contributed by atoms with Gasteiger partial charge in [-0.25, -0.2) is 4.98 Å². The van der Waals surface area contributed by atoms with Crippen molar-refractivity contribution >= 4 is 38.3 Å². The van der Waals surface area contributed by atoms with Crippen LogP contribution in [-0.4, -0.2) is 18.6 Å². The zero-order chi connectivity index (χ0) is 11.5. The highest BCUT2D eigenvalue weighted by molar-refractivity contribution is 7.22. The Labute approximate surface area is 103 Å². The second kappa shape index (κ2) is 4.89. The molecule has 1 N–H and O–H groups in total. The molecule has 0 amide bonds. The summed E-state index contributed by atoms with van der Waals surface area (Å²) in [5.41, 5.74) is 0.911. The van der Waals surface area contributed by atoms with E-state index in [-0.39, 0.29) is 0 Å². The van der Waals surface area contributed by atoms with Gasteiger partial charge in [0.1, 0.15) is 5.75 Å². The van der Waals surface area contributed by atoms with E-state index in [9.17, 15) is 0 Å². The standard InChI is InChI=1S/C11H13ClN2OS/c1-3-4-13-11-14-8-5-7(12)9(15-2)6-10(8)16-11/h5-6H,3-4H2,1-2H3,(H,13,14). The first-order valence-electron chi connectivity index (χ1n) is 5.12. The van der Waals surface area contributed by atoms with Gasteiger partial charge in [0, 0.05) is 12.6 Å². The van der Waals surface area contributed by atoms with E-state index < -0.39 is 0 Å². The Morgan fingerprint density at radius 2 is 2.31 bits per heavy atom. The first kappa shape index (κ1) is 11.5. The van der Waals surface area contributed by atoms with Crippen molar-refractivity contribution in [1.82, 2.24) is 4.98 Å². The molecular formula is C11H13ClN2OS. The van der Waals surface area contributed by atoms with Gasteiger partial charge in [0.25, 0.3) is 0 Å². The van der Waals surface area contributed by atoms with Crippen LogP contribution in [0.2, 0.25) is 5.02 Å². The van der Waals surface area contributed by atoms with Crippen molar-refractivity contribution in [2.75, 3.05) is 19.0 Å². The van der Waals surface area contributed by atoms with Crippen LogP contribution in [-0.2, 0) is 0 Å².